The van der Waals surface area contributed by atoms with Crippen molar-refractivity contribution in [3.8, 4) is 0 Å². The summed E-state index contributed by atoms with van der Waals surface area (Å²) in [5, 5.41) is 13.5. The molecule has 2 saturated heterocycles. The molecule has 21 heavy (non-hydrogen) atoms. The highest BCUT2D eigenvalue weighted by Crippen LogP contribution is 2.23. The first kappa shape index (κ1) is 14.5. The van der Waals surface area contributed by atoms with E-state index in [1.165, 1.54) is 0 Å². The summed E-state index contributed by atoms with van der Waals surface area (Å²) in [7, 11) is 0. The van der Waals surface area contributed by atoms with E-state index in [0.717, 1.165) is 45.4 Å². The minimum atomic E-state index is -0.174. The molecule has 0 saturated carbocycles. The van der Waals surface area contributed by atoms with Crippen LogP contribution < -0.4 is 0 Å². The van der Waals surface area contributed by atoms with Crippen LogP contribution >= 0.6 is 0 Å². The summed E-state index contributed by atoms with van der Waals surface area (Å²) < 4.78 is 5.09. The topological polar surface area (TPSA) is 69.8 Å². The van der Waals surface area contributed by atoms with E-state index in [4.69, 9.17) is 4.52 Å². The third kappa shape index (κ3) is 2.82. The molecule has 3 rings (SSSR count). The van der Waals surface area contributed by atoms with Gasteiger partial charge in [0, 0.05) is 32.2 Å². The summed E-state index contributed by atoms with van der Waals surface area (Å²) in [6.45, 7) is 6.88. The van der Waals surface area contributed by atoms with Gasteiger partial charge in [0.1, 0.15) is 11.3 Å². The van der Waals surface area contributed by atoms with Crippen molar-refractivity contribution < 1.29 is 14.4 Å². The normalized spacial score (nSPS) is 24.7. The average molecular weight is 293 g/mol. The molecule has 1 amide bonds. The Morgan fingerprint density at radius 1 is 1.24 bits per heavy atom. The fraction of sp³-hybridized carbons (Fsp3) is 0.733. The molecule has 3 heterocycles. The molecule has 6 nitrogen and oxygen atoms in total. The summed E-state index contributed by atoms with van der Waals surface area (Å²) in [6, 6.07) is 0.496. The number of rotatable bonds is 2. The van der Waals surface area contributed by atoms with Gasteiger partial charge in [-0.15, -0.1) is 0 Å². The molecule has 0 radical (unpaired) electrons. The van der Waals surface area contributed by atoms with Crippen LogP contribution in [0.4, 0.5) is 0 Å². The summed E-state index contributed by atoms with van der Waals surface area (Å²) >= 11 is 0. The first-order valence-corrected chi connectivity index (χ1v) is 7.70. The van der Waals surface area contributed by atoms with Crippen LogP contribution in [-0.4, -0.2) is 64.3 Å². The van der Waals surface area contributed by atoms with Crippen molar-refractivity contribution in [3.05, 3.63) is 17.0 Å². The minimum Gasteiger partial charge on any atom is -0.392 e. The van der Waals surface area contributed by atoms with Gasteiger partial charge in [-0.05, 0) is 33.1 Å². The SMILES string of the molecule is Cc1noc(C)c1C(=O)N1CCC(N2CC[C@@H](O)C2)CC1. The van der Waals surface area contributed by atoms with Crippen LogP contribution in [0, 0.1) is 13.8 Å². The van der Waals surface area contributed by atoms with Gasteiger partial charge in [0.05, 0.1) is 11.8 Å². The zero-order chi connectivity index (χ0) is 15.0. The van der Waals surface area contributed by atoms with Crippen LogP contribution in [0.15, 0.2) is 4.52 Å². The van der Waals surface area contributed by atoms with Gasteiger partial charge < -0.3 is 14.5 Å². The molecule has 1 aromatic rings. The van der Waals surface area contributed by atoms with Crippen LogP contribution in [0.5, 0.6) is 0 Å². The van der Waals surface area contributed by atoms with Crippen molar-refractivity contribution in [2.24, 2.45) is 0 Å². The molecule has 2 aliphatic rings. The van der Waals surface area contributed by atoms with Gasteiger partial charge in [-0.25, -0.2) is 0 Å². The quantitative estimate of drug-likeness (QED) is 0.879. The van der Waals surface area contributed by atoms with Gasteiger partial charge in [0.2, 0.25) is 0 Å². The zero-order valence-electron chi connectivity index (χ0n) is 12.7. The van der Waals surface area contributed by atoms with E-state index >= 15 is 0 Å². The molecular weight excluding hydrogens is 270 g/mol. The molecular formula is C15H23N3O3. The highest BCUT2D eigenvalue weighted by Gasteiger charge is 2.32. The number of nitrogens with zero attached hydrogens (tertiary/aromatic N) is 3. The van der Waals surface area contributed by atoms with E-state index in [9.17, 15) is 9.90 Å². The molecule has 0 aliphatic carbocycles. The van der Waals surface area contributed by atoms with E-state index in [2.05, 4.69) is 10.1 Å². The summed E-state index contributed by atoms with van der Waals surface area (Å²) in [5.74, 6) is 0.633. The van der Waals surface area contributed by atoms with Gasteiger partial charge in [0.25, 0.3) is 5.91 Å². The number of carbonyl (C=O) groups is 1. The highest BCUT2D eigenvalue weighted by molar-refractivity contribution is 5.96. The second-order valence-electron chi connectivity index (χ2n) is 6.16. The zero-order valence-corrected chi connectivity index (χ0v) is 12.7. The van der Waals surface area contributed by atoms with Gasteiger partial charge in [-0.3, -0.25) is 9.69 Å². The largest absolute Gasteiger partial charge is 0.392 e. The minimum absolute atomic E-state index is 0.0335. The Morgan fingerprint density at radius 2 is 1.95 bits per heavy atom. The number of piperidine rings is 1. The lowest BCUT2D eigenvalue weighted by Crippen LogP contribution is -2.46. The van der Waals surface area contributed by atoms with Gasteiger partial charge in [-0.1, -0.05) is 5.16 Å². The number of β-amino-alcohol motifs (C(OH)–C–C–N with tert-alkyl or cyclic N) is 1. The molecule has 1 N–H and O–H groups in total. The third-order valence-electron chi connectivity index (χ3n) is 4.71. The second-order valence-corrected chi connectivity index (χ2v) is 6.16. The molecule has 0 bridgehead atoms. The number of carbonyl (C=O) groups excluding carboxylic acids is 1. The smallest absolute Gasteiger partial charge is 0.259 e. The maximum atomic E-state index is 12.6. The van der Waals surface area contributed by atoms with Crippen LogP contribution in [0.3, 0.4) is 0 Å². The Morgan fingerprint density at radius 3 is 2.48 bits per heavy atom. The Labute approximate surface area is 124 Å². The van der Waals surface area contributed by atoms with Gasteiger partial charge in [0.15, 0.2) is 0 Å². The van der Waals surface area contributed by atoms with Crippen molar-refractivity contribution >= 4 is 5.91 Å². The number of hydrogen-bond acceptors (Lipinski definition) is 5. The molecule has 1 atom stereocenters. The Kier molecular flexibility index (Phi) is 3.99. The number of aliphatic hydroxyl groups excluding tert-OH is 1. The van der Waals surface area contributed by atoms with Crippen molar-refractivity contribution in [2.45, 2.75) is 45.3 Å². The molecule has 1 aromatic heterocycles. The molecule has 2 aliphatic heterocycles. The number of amides is 1. The fourth-order valence-electron chi connectivity index (χ4n) is 3.48. The van der Waals surface area contributed by atoms with Crippen molar-refractivity contribution in [1.29, 1.82) is 0 Å². The van der Waals surface area contributed by atoms with E-state index < -0.39 is 0 Å². The predicted octanol–water partition coefficient (Wildman–Crippen LogP) is 0.963. The molecule has 0 spiro atoms. The monoisotopic (exact) mass is 293 g/mol. The number of aliphatic hydroxyl groups is 1. The van der Waals surface area contributed by atoms with E-state index in [1.54, 1.807) is 6.92 Å². The average Bonchev–Trinajstić information content (AvgIpc) is 3.05. The maximum absolute atomic E-state index is 12.6. The van der Waals surface area contributed by atoms with Crippen molar-refractivity contribution in [1.82, 2.24) is 15.0 Å². The standard InChI is InChI=1S/C15H23N3O3/c1-10-14(11(2)21-16-10)15(20)17-6-3-12(4-7-17)18-8-5-13(19)9-18/h12-13,19H,3-9H2,1-2H3/t13-/m1/s1. The molecule has 2 fully saturated rings. The number of aromatic nitrogens is 1. The van der Waals surface area contributed by atoms with Gasteiger partial charge >= 0.3 is 0 Å². The van der Waals surface area contributed by atoms with Crippen LogP contribution in [0.2, 0.25) is 0 Å². The van der Waals surface area contributed by atoms with E-state index in [1.807, 2.05) is 11.8 Å². The third-order valence-corrected chi connectivity index (χ3v) is 4.71. The van der Waals surface area contributed by atoms with E-state index in [0.29, 0.717) is 23.1 Å². The first-order valence-electron chi connectivity index (χ1n) is 7.70. The molecule has 0 aromatic carbocycles. The predicted molar refractivity (Wildman–Crippen MR) is 77.1 cm³/mol. The lowest BCUT2D eigenvalue weighted by atomic mass is 10.0. The molecule has 116 valence electrons. The summed E-state index contributed by atoms with van der Waals surface area (Å²) in [6.07, 6.45) is 2.65. The summed E-state index contributed by atoms with van der Waals surface area (Å²) in [5.41, 5.74) is 1.28. The maximum Gasteiger partial charge on any atom is 0.259 e. The number of hydrogen-bond donors (Lipinski definition) is 1. The van der Waals surface area contributed by atoms with Crippen LogP contribution in [0.1, 0.15) is 41.1 Å². The van der Waals surface area contributed by atoms with Crippen LogP contribution in [-0.2, 0) is 0 Å². The number of aryl methyl sites for hydroxylation is 2. The Balaban J connectivity index is 1.60. The molecule has 6 heteroatoms. The Bertz CT molecular complexity index is 501. The second kappa shape index (κ2) is 5.77. The van der Waals surface area contributed by atoms with Crippen molar-refractivity contribution in [3.63, 3.8) is 0 Å². The lowest BCUT2D eigenvalue weighted by Gasteiger charge is -2.36. The Hall–Kier alpha value is -1.40. The lowest BCUT2D eigenvalue weighted by molar-refractivity contribution is 0.0625. The van der Waals surface area contributed by atoms with Crippen molar-refractivity contribution in [2.75, 3.05) is 26.2 Å². The molecule has 0 unspecified atom stereocenters. The summed E-state index contributed by atoms with van der Waals surface area (Å²) in [4.78, 5) is 16.8. The van der Waals surface area contributed by atoms with E-state index in [-0.39, 0.29) is 12.0 Å². The van der Waals surface area contributed by atoms with Gasteiger partial charge in [-0.2, -0.15) is 0 Å². The number of likely N-dealkylation sites (tertiary alicyclic amines) is 2. The first-order chi connectivity index (χ1) is 10.1. The highest BCUT2D eigenvalue weighted by atomic mass is 16.5. The fourth-order valence-corrected chi connectivity index (χ4v) is 3.48. The van der Waals surface area contributed by atoms with Crippen LogP contribution in [0.25, 0.3) is 0 Å².